The molecule has 4 rings (SSSR count). The molecule has 3 heterocycles. The number of carbonyl (C=O) groups excluding carboxylic acids is 1. The maximum absolute atomic E-state index is 11.3. The van der Waals surface area contributed by atoms with Crippen molar-refractivity contribution in [2.45, 2.75) is 19.0 Å². The molecule has 2 atom stereocenters. The Morgan fingerprint density at radius 1 is 1.00 bits per heavy atom. The summed E-state index contributed by atoms with van der Waals surface area (Å²) in [4.78, 5) is 29.1. The summed E-state index contributed by atoms with van der Waals surface area (Å²) >= 11 is 0. The lowest BCUT2D eigenvalue weighted by Gasteiger charge is -2.27. The number of aromatic nitrogens is 4. The number of benzene rings is 1. The Kier molecular flexibility index (Phi) is 6.09. The van der Waals surface area contributed by atoms with E-state index in [4.69, 9.17) is 10.7 Å². The third-order valence-electron chi connectivity index (χ3n) is 4.99. The number of amides is 1. The van der Waals surface area contributed by atoms with Crippen molar-refractivity contribution in [3.8, 4) is 11.4 Å². The first kappa shape index (κ1) is 20.4. The van der Waals surface area contributed by atoms with E-state index in [0.29, 0.717) is 11.6 Å². The highest BCUT2D eigenvalue weighted by atomic mass is 16.1. The van der Waals surface area contributed by atoms with Crippen LogP contribution in [0.3, 0.4) is 0 Å². The largest absolute Gasteiger partial charge is 0.369 e. The quantitative estimate of drug-likeness (QED) is 0.406. The molecular formula is C23H23N7O. The Bertz CT molecular complexity index is 1170. The molecule has 8 heteroatoms. The van der Waals surface area contributed by atoms with Crippen LogP contribution in [0.25, 0.3) is 22.3 Å². The summed E-state index contributed by atoms with van der Waals surface area (Å²) in [6.45, 7) is 2.09. The first-order valence-electron chi connectivity index (χ1n) is 9.97. The highest BCUT2D eigenvalue weighted by Crippen LogP contribution is 2.28. The summed E-state index contributed by atoms with van der Waals surface area (Å²) < 4.78 is 0. The lowest BCUT2D eigenvalue weighted by molar-refractivity contribution is -0.117. The van der Waals surface area contributed by atoms with E-state index in [1.165, 1.54) is 0 Å². The predicted octanol–water partition coefficient (Wildman–Crippen LogP) is 2.70. The molecular weight excluding hydrogens is 390 g/mol. The number of nitrogens with zero attached hydrogens (tertiary/aromatic N) is 4. The van der Waals surface area contributed by atoms with Gasteiger partial charge < -0.3 is 16.4 Å². The van der Waals surface area contributed by atoms with Crippen LogP contribution in [-0.2, 0) is 4.79 Å². The molecule has 0 aliphatic rings. The smallest absolute Gasteiger partial charge is 0.231 e. The number of nitrogens with one attached hydrogen (secondary N) is 2. The van der Waals surface area contributed by atoms with Gasteiger partial charge in [-0.05, 0) is 30.7 Å². The van der Waals surface area contributed by atoms with Crippen LogP contribution in [0, 0.1) is 0 Å². The number of hydrogen-bond acceptors (Lipinski definition) is 7. The summed E-state index contributed by atoms with van der Waals surface area (Å²) in [6.07, 6.45) is 6.86. The van der Waals surface area contributed by atoms with E-state index in [9.17, 15) is 4.79 Å². The van der Waals surface area contributed by atoms with Crippen LogP contribution < -0.4 is 16.4 Å². The standard InChI is InChI=1S/C23H23N7O/c1-15(27-14-20(24)31)21(16-5-3-2-4-6-16)29-23-18-9-12-26-13-19(18)28-22(30-23)17-7-10-25-11-8-17/h2-13,15,21,27H,14H2,1H3,(H2,24,31)(H,28,29,30)/t15-,21?/m0/s1. The van der Waals surface area contributed by atoms with Crippen molar-refractivity contribution in [2.75, 3.05) is 11.9 Å². The second-order valence-corrected chi connectivity index (χ2v) is 7.19. The van der Waals surface area contributed by atoms with Crippen molar-refractivity contribution >= 4 is 22.6 Å². The topological polar surface area (TPSA) is 119 Å². The van der Waals surface area contributed by atoms with Gasteiger partial charge in [-0.25, -0.2) is 9.97 Å². The summed E-state index contributed by atoms with van der Waals surface area (Å²) in [5.74, 6) is 0.855. The normalized spacial score (nSPS) is 12.9. The first-order chi connectivity index (χ1) is 15.1. The van der Waals surface area contributed by atoms with Crippen molar-refractivity contribution < 1.29 is 4.79 Å². The van der Waals surface area contributed by atoms with E-state index in [-0.39, 0.29) is 18.6 Å². The van der Waals surface area contributed by atoms with Crippen molar-refractivity contribution in [1.82, 2.24) is 25.3 Å². The van der Waals surface area contributed by atoms with E-state index in [1.54, 1.807) is 24.8 Å². The SMILES string of the molecule is C[C@H](NCC(N)=O)C(Nc1nc(-c2ccncc2)nc2cnccc12)c1ccccc1. The summed E-state index contributed by atoms with van der Waals surface area (Å²) in [6, 6.07) is 15.4. The van der Waals surface area contributed by atoms with Gasteiger partial charge in [0.2, 0.25) is 5.91 Å². The Balaban J connectivity index is 1.77. The summed E-state index contributed by atoms with van der Waals surface area (Å²) in [5, 5.41) is 7.61. The van der Waals surface area contributed by atoms with Crippen molar-refractivity contribution in [3.05, 3.63) is 78.9 Å². The molecule has 1 aromatic carbocycles. The van der Waals surface area contributed by atoms with E-state index >= 15 is 0 Å². The minimum Gasteiger partial charge on any atom is -0.369 e. The minimum absolute atomic E-state index is 0.0862. The number of hydrogen-bond donors (Lipinski definition) is 3. The number of fused-ring (bicyclic) bond motifs is 1. The maximum Gasteiger partial charge on any atom is 0.231 e. The first-order valence-corrected chi connectivity index (χ1v) is 9.97. The molecule has 0 aliphatic heterocycles. The minimum atomic E-state index is -0.405. The van der Waals surface area contributed by atoms with Crippen LogP contribution in [0.4, 0.5) is 5.82 Å². The Labute approximate surface area is 180 Å². The molecule has 0 bridgehead atoms. The molecule has 156 valence electrons. The Hall–Kier alpha value is -3.91. The predicted molar refractivity (Wildman–Crippen MR) is 120 cm³/mol. The molecule has 3 aromatic heterocycles. The van der Waals surface area contributed by atoms with Gasteiger partial charge in [-0.2, -0.15) is 0 Å². The van der Waals surface area contributed by atoms with Crippen LogP contribution in [0.1, 0.15) is 18.5 Å². The number of carbonyl (C=O) groups is 1. The van der Waals surface area contributed by atoms with Crippen molar-refractivity contribution in [1.29, 1.82) is 0 Å². The second kappa shape index (κ2) is 9.27. The molecule has 0 spiro atoms. The van der Waals surface area contributed by atoms with E-state index < -0.39 is 5.91 Å². The maximum atomic E-state index is 11.3. The molecule has 1 amide bonds. The fourth-order valence-corrected chi connectivity index (χ4v) is 3.40. The van der Waals surface area contributed by atoms with Crippen molar-refractivity contribution in [3.63, 3.8) is 0 Å². The van der Waals surface area contributed by atoms with Gasteiger partial charge in [0.1, 0.15) is 5.82 Å². The van der Waals surface area contributed by atoms with Crippen LogP contribution in [0.15, 0.2) is 73.3 Å². The zero-order chi connectivity index (χ0) is 21.6. The van der Waals surface area contributed by atoms with Gasteiger partial charge in [0.15, 0.2) is 5.82 Å². The zero-order valence-electron chi connectivity index (χ0n) is 17.1. The molecule has 31 heavy (non-hydrogen) atoms. The molecule has 0 radical (unpaired) electrons. The number of nitrogens with two attached hydrogens (primary N) is 1. The molecule has 4 aromatic rings. The van der Waals surface area contributed by atoms with Crippen LogP contribution in [0.2, 0.25) is 0 Å². The molecule has 4 N–H and O–H groups in total. The highest BCUT2D eigenvalue weighted by Gasteiger charge is 2.21. The number of pyridine rings is 2. The Morgan fingerprint density at radius 2 is 1.74 bits per heavy atom. The Morgan fingerprint density at radius 3 is 2.48 bits per heavy atom. The van der Waals surface area contributed by atoms with Gasteiger partial charge in [-0.3, -0.25) is 14.8 Å². The monoisotopic (exact) mass is 413 g/mol. The fourth-order valence-electron chi connectivity index (χ4n) is 3.40. The van der Waals surface area contributed by atoms with Gasteiger partial charge in [-0.15, -0.1) is 0 Å². The lowest BCUT2D eigenvalue weighted by Crippen LogP contribution is -2.40. The number of primary amides is 1. The molecule has 1 unspecified atom stereocenters. The van der Waals surface area contributed by atoms with Crippen LogP contribution >= 0.6 is 0 Å². The van der Waals surface area contributed by atoms with E-state index in [2.05, 4.69) is 25.6 Å². The average molecular weight is 413 g/mol. The third kappa shape index (κ3) is 4.81. The second-order valence-electron chi connectivity index (χ2n) is 7.19. The third-order valence-corrected chi connectivity index (χ3v) is 4.99. The van der Waals surface area contributed by atoms with Crippen molar-refractivity contribution in [2.24, 2.45) is 5.73 Å². The van der Waals surface area contributed by atoms with Gasteiger partial charge in [-0.1, -0.05) is 30.3 Å². The van der Waals surface area contributed by atoms with Gasteiger partial charge in [0, 0.05) is 35.6 Å². The number of rotatable bonds is 8. The van der Waals surface area contributed by atoms with Gasteiger partial charge >= 0.3 is 0 Å². The molecule has 0 aliphatic carbocycles. The van der Waals surface area contributed by atoms with Gasteiger partial charge in [0.05, 0.1) is 24.3 Å². The molecule has 0 fully saturated rings. The molecule has 0 saturated carbocycles. The average Bonchev–Trinajstić information content (AvgIpc) is 2.81. The van der Waals surface area contributed by atoms with E-state index in [1.807, 2.05) is 55.5 Å². The van der Waals surface area contributed by atoms with E-state index in [0.717, 1.165) is 22.0 Å². The number of anilines is 1. The summed E-state index contributed by atoms with van der Waals surface area (Å²) in [7, 11) is 0. The zero-order valence-corrected chi connectivity index (χ0v) is 17.1. The fraction of sp³-hybridized carbons (Fsp3) is 0.174. The van der Waals surface area contributed by atoms with Gasteiger partial charge in [0.25, 0.3) is 0 Å². The lowest BCUT2D eigenvalue weighted by atomic mass is 10.00. The molecule has 0 saturated heterocycles. The van der Waals surface area contributed by atoms with Crippen LogP contribution in [-0.4, -0.2) is 38.4 Å². The van der Waals surface area contributed by atoms with Crippen LogP contribution in [0.5, 0.6) is 0 Å². The molecule has 8 nitrogen and oxygen atoms in total. The summed E-state index contributed by atoms with van der Waals surface area (Å²) in [5.41, 5.74) is 7.98. The highest BCUT2D eigenvalue weighted by molar-refractivity contribution is 5.90.